The van der Waals surface area contributed by atoms with E-state index in [-0.39, 0.29) is 11.5 Å². The Bertz CT molecular complexity index is 850. The molecule has 0 bridgehead atoms. The zero-order valence-corrected chi connectivity index (χ0v) is 14.9. The zero-order chi connectivity index (χ0) is 17.8. The number of hydrogen-bond donors (Lipinski definition) is 1. The summed E-state index contributed by atoms with van der Waals surface area (Å²) in [6, 6.07) is 14.3. The highest BCUT2D eigenvalue weighted by molar-refractivity contribution is 9.10. The average molecular weight is 403 g/mol. The standard InChI is InChI=1S/C18H15BrN2O4/c1-24-18(23)13-7-2-3-8-14(13)20-17(22)16-10-15(21-25-16)11-5-4-6-12(19)9-11/h2-9,16H,10H2,1H3,(H,20,22)/t16-/m0/s1. The summed E-state index contributed by atoms with van der Waals surface area (Å²) in [4.78, 5) is 29.5. The van der Waals surface area contributed by atoms with Crippen LogP contribution in [0.3, 0.4) is 0 Å². The first-order valence-corrected chi connectivity index (χ1v) is 8.34. The number of oxime groups is 1. The molecule has 0 aromatic heterocycles. The molecule has 1 heterocycles. The van der Waals surface area contributed by atoms with Gasteiger partial charge in [0.15, 0.2) is 0 Å². The number of ether oxygens (including phenoxy) is 1. The number of nitrogens with one attached hydrogen (secondary N) is 1. The Balaban J connectivity index is 1.69. The number of halogens is 1. The number of methoxy groups -OCH3 is 1. The van der Waals surface area contributed by atoms with Crippen LogP contribution in [0.25, 0.3) is 0 Å². The second-order valence-corrected chi connectivity index (χ2v) is 6.29. The maximum absolute atomic E-state index is 12.5. The van der Waals surface area contributed by atoms with Crippen LogP contribution < -0.4 is 5.32 Å². The predicted molar refractivity (Wildman–Crippen MR) is 96.6 cm³/mol. The lowest BCUT2D eigenvalue weighted by molar-refractivity contribution is -0.125. The average Bonchev–Trinajstić information content (AvgIpc) is 3.12. The first-order valence-electron chi connectivity index (χ1n) is 7.55. The van der Waals surface area contributed by atoms with Gasteiger partial charge in [0, 0.05) is 16.5 Å². The Labute approximate surface area is 152 Å². The highest BCUT2D eigenvalue weighted by Crippen LogP contribution is 2.22. The third-order valence-electron chi connectivity index (χ3n) is 3.71. The maximum Gasteiger partial charge on any atom is 0.339 e. The zero-order valence-electron chi connectivity index (χ0n) is 13.4. The second-order valence-electron chi connectivity index (χ2n) is 5.37. The van der Waals surface area contributed by atoms with E-state index in [0.29, 0.717) is 17.8 Å². The number of carbonyl (C=O) groups is 2. The van der Waals surface area contributed by atoms with E-state index in [1.807, 2.05) is 24.3 Å². The van der Waals surface area contributed by atoms with E-state index in [1.54, 1.807) is 24.3 Å². The van der Waals surface area contributed by atoms with E-state index in [0.717, 1.165) is 10.0 Å². The van der Waals surface area contributed by atoms with Crippen LogP contribution >= 0.6 is 15.9 Å². The number of para-hydroxylation sites is 1. The van der Waals surface area contributed by atoms with Crippen molar-refractivity contribution in [3.8, 4) is 0 Å². The molecule has 2 aromatic rings. The van der Waals surface area contributed by atoms with Crippen LogP contribution in [0.2, 0.25) is 0 Å². The summed E-state index contributed by atoms with van der Waals surface area (Å²) in [6.45, 7) is 0. The fraction of sp³-hybridized carbons (Fsp3) is 0.167. The molecule has 1 N–H and O–H groups in total. The van der Waals surface area contributed by atoms with Gasteiger partial charge in [-0.15, -0.1) is 0 Å². The van der Waals surface area contributed by atoms with Gasteiger partial charge in [0.2, 0.25) is 6.10 Å². The van der Waals surface area contributed by atoms with Crippen molar-refractivity contribution < 1.29 is 19.2 Å². The molecule has 0 saturated carbocycles. The first-order chi connectivity index (χ1) is 12.1. The summed E-state index contributed by atoms with van der Waals surface area (Å²) in [5, 5.41) is 6.71. The fourth-order valence-corrected chi connectivity index (χ4v) is 2.85. The molecule has 128 valence electrons. The lowest BCUT2D eigenvalue weighted by Gasteiger charge is -2.12. The van der Waals surface area contributed by atoms with Gasteiger partial charge in [0.1, 0.15) is 0 Å². The molecule has 2 aromatic carbocycles. The van der Waals surface area contributed by atoms with Crippen molar-refractivity contribution in [3.05, 3.63) is 64.1 Å². The van der Waals surface area contributed by atoms with Gasteiger partial charge < -0.3 is 14.9 Å². The number of rotatable bonds is 4. The molecule has 3 rings (SSSR count). The summed E-state index contributed by atoms with van der Waals surface area (Å²) < 4.78 is 5.65. The number of carbonyl (C=O) groups excluding carboxylic acids is 2. The summed E-state index contributed by atoms with van der Waals surface area (Å²) >= 11 is 3.41. The minimum atomic E-state index is -0.750. The number of esters is 1. The number of nitrogens with zero attached hydrogens (tertiary/aromatic N) is 1. The Hall–Kier alpha value is -2.67. The molecule has 0 radical (unpaired) electrons. The molecular formula is C18H15BrN2O4. The minimum Gasteiger partial charge on any atom is -0.465 e. The van der Waals surface area contributed by atoms with Crippen molar-refractivity contribution in [1.82, 2.24) is 0 Å². The number of benzene rings is 2. The molecule has 1 atom stereocenters. The van der Waals surface area contributed by atoms with Gasteiger partial charge in [0.25, 0.3) is 5.91 Å². The largest absolute Gasteiger partial charge is 0.465 e. The first kappa shape index (κ1) is 17.2. The van der Waals surface area contributed by atoms with Gasteiger partial charge in [-0.2, -0.15) is 0 Å². The quantitative estimate of drug-likeness (QED) is 0.795. The molecule has 0 saturated heterocycles. The lowest BCUT2D eigenvalue weighted by Crippen LogP contribution is -2.28. The lowest BCUT2D eigenvalue weighted by atomic mass is 10.0. The predicted octanol–water partition coefficient (Wildman–Crippen LogP) is 3.37. The van der Waals surface area contributed by atoms with Crippen LogP contribution in [0, 0.1) is 0 Å². The van der Waals surface area contributed by atoms with E-state index >= 15 is 0 Å². The third kappa shape index (κ3) is 3.88. The van der Waals surface area contributed by atoms with Gasteiger partial charge in [-0.3, -0.25) is 4.79 Å². The highest BCUT2D eigenvalue weighted by Gasteiger charge is 2.29. The van der Waals surface area contributed by atoms with Crippen LogP contribution in [-0.2, 0) is 14.4 Å². The molecule has 1 aliphatic rings. The molecule has 0 spiro atoms. The van der Waals surface area contributed by atoms with Gasteiger partial charge in [-0.25, -0.2) is 4.79 Å². The van der Waals surface area contributed by atoms with E-state index in [4.69, 9.17) is 9.57 Å². The van der Waals surface area contributed by atoms with Crippen molar-refractivity contribution in [2.45, 2.75) is 12.5 Å². The van der Waals surface area contributed by atoms with Gasteiger partial charge >= 0.3 is 5.97 Å². The molecular weight excluding hydrogens is 388 g/mol. The SMILES string of the molecule is COC(=O)c1ccccc1NC(=O)[C@@H]1CC(c2cccc(Br)c2)=NO1. The topological polar surface area (TPSA) is 77.0 Å². The number of hydrogen-bond acceptors (Lipinski definition) is 5. The summed E-state index contributed by atoms with van der Waals surface area (Å²) in [5.74, 6) is -0.889. The van der Waals surface area contributed by atoms with Crippen LogP contribution in [-0.4, -0.2) is 30.8 Å². The molecule has 1 amide bonds. The monoisotopic (exact) mass is 402 g/mol. The van der Waals surface area contributed by atoms with E-state index in [9.17, 15) is 9.59 Å². The van der Waals surface area contributed by atoms with Crippen LogP contribution in [0.4, 0.5) is 5.69 Å². The molecule has 7 heteroatoms. The van der Waals surface area contributed by atoms with Gasteiger partial charge in [-0.1, -0.05) is 45.4 Å². The van der Waals surface area contributed by atoms with Crippen LogP contribution in [0.1, 0.15) is 22.3 Å². The Kier molecular flexibility index (Phi) is 5.14. The summed E-state index contributed by atoms with van der Waals surface area (Å²) in [6.07, 6.45) is -0.400. The van der Waals surface area contributed by atoms with E-state index in [2.05, 4.69) is 26.4 Å². The van der Waals surface area contributed by atoms with Crippen LogP contribution in [0.15, 0.2) is 58.2 Å². The Morgan fingerprint density at radius 2 is 2.04 bits per heavy atom. The molecule has 6 nitrogen and oxygen atoms in total. The Morgan fingerprint density at radius 1 is 1.24 bits per heavy atom. The maximum atomic E-state index is 12.5. The fourth-order valence-electron chi connectivity index (χ4n) is 2.45. The van der Waals surface area contributed by atoms with Crippen molar-refractivity contribution >= 4 is 39.2 Å². The van der Waals surface area contributed by atoms with Crippen molar-refractivity contribution in [2.24, 2.45) is 5.16 Å². The summed E-state index contributed by atoms with van der Waals surface area (Å²) in [5.41, 5.74) is 2.24. The second kappa shape index (κ2) is 7.48. The summed E-state index contributed by atoms with van der Waals surface area (Å²) in [7, 11) is 1.29. The van der Waals surface area contributed by atoms with E-state index < -0.39 is 12.1 Å². The Morgan fingerprint density at radius 3 is 2.80 bits per heavy atom. The van der Waals surface area contributed by atoms with Crippen molar-refractivity contribution in [3.63, 3.8) is 0 Å². The van der Waals surface area contributed by atoms with Crippen molar-refractivity contribution in [1.29, 1.82) is 0 Å². The normalized spacial score (nSPS) is 15.9. The molecule has 25 heavy (non-hydrogen) atoms. The van der Waals surface area contributed by atoms with Crippen molar-refractivity contribution in [2.75, 3.05) is 12.4 Å². The number of amides is 1. The third-order valence-corrected chi connectivity index (χ3v) is 4.20. The smallest absolute Gasteiger partial charge is 0.339 e. The minimum absolute atomic E-state index is 0.282. The molecule has 1 aliphatic heterocycles. The van der Waals surface area contributed by atoms with Crippen LogP contribution in [0.5, 0.6) is 0 Å². The number of anilines is 1. The van der Waals surface area contributed by atoms with Gasteiger partial charge in [-0.05, 0) is 24.3 Å². The van der Waals surface area contributed by atoms with E-state index in [1.165, 1.54) is 7.11 Å². The van der Waals surface area contributed by atoms with Gasteiger partial charge in [0.05, 0.1) is 24.1 Å². The highest BCUT2D eigenvalue weighted by atomic mass is 79.9. The molecule has 0 aliphatic carbocycles. The molecule has 0 fully saturated rings. The molecule has 0 unspecified atom stereocenters.